The molecule has 0 radical (unpaired) electrons. The fraction of sp³-hybridized carbons (Fsp3) is 0.467. The Balaban J connectivity index is 1.39. The first-order valence-corrected chi connectivity index (χ1v) is 9.11. The Bertz CT molecular complexity index is 648. The Labute approximate surface area is 137 Å². The average Bonchev–Trinajstić information content (AvgIpc) is 3.21. The molecule has 5 rings (SSSR count). The van der Waals surface area contributed by atoms with Gasteiger partial charge in [0.2, 0.25) is 0 Å². The molecule has 7 heteroatoms. The van der Waals surface area contributed by atoms with Gasteiger partial charge in [0.15, 0.2) is 0 Å². The number of rotatable bonds is 4. The third-order valence-corrected chi connectivity index (χ3v) is 6.47. The zero-order valence-corrected chi connectivity index (χ0v) is 13.7. The van der Waals surface area contributed by atoms with E-state index in [0.717, 1.165) is 15.6 Å². The number of fused-ring (bicyclic) bond motifs is 3. The normalized spacial score (nSPS) is 27.0. The number of amides is 1. The van der Waals surface area contributed by atoms with Crippen LogP contribution in [0.4, 0.5) is 0 Å². The number of piperidine rings is 3. The molecule has 2 bridgehead atoms. The van der Waals surface area contributed by atoms with Crippen molar-refractivity contribution in [2.24, 2.45) is 5.92 Å². The van der Waals surface area contributed by atoms with E-state index in [2.05, 4.69) is 15.2 Å². The average molecular weight is 335 g/mol. The highest BCUT2D eigenvalue weighted by molar-refractivity contribution is 8.01. The lowest BCUT2D eigenvalue weighted by Crippen LogP contribution is -2.57. The molecular formula is C15H17N3O2S2. The van der Waals surface area contributed by atoms with E-state index in [4.69, 9.17) is 4.42 Å². The number of nitrogens with zero attached hydrogens (tertiary/aromatic N) is 2. The van der Waals surface area contributed by atoms with Gasteiger partial charge in [-0.15, -0.1) is 11.3 Å². The lowest BCUT2D eigenvalue weighted by Gasteiger charge is -2.44. The van der Waals surface area contributed by atoms with Crippen molar-refractivity contribution < 1.29 is 9.21 Å². The molecule has 0 aromatic carbocycles. The number of oxazole rings is 1. The molecule has 2 aromatic heterocycles. The summed E-state index contributed by atoms with van der Waals surface area (Å²) in [5.41, 5.74) is 0. The maximum atomic E-state index is 12.4. The van der Waals surface area contributed by atoms with E-state index in [1.165, 1.54) is 49.0 Å². The molecule has 1 atom stereocenters. The monoisotopic (exact) mass is 335 g/mol. The Hall–Kier alpha value is -1.31. The number of nitrogens with one attached hydrogen (secondary N) is 1. The van der Waals surface area contributed by atoms with Gasteiger partial charge in [0, 0.05) is 12.6 Å². The van der Waals surface area contributed by atoms with Gasteiger partial charge in [-0.1, -0.05) is 0 Å². The van der Waals surface area contributed by atoms with E-state index < -0.39 is 0 Å². The van der Waals surface area contributed by atoms with Crippen LogP contribution in [0.25, 0.3) is 0 Å². The van der Waals surface area contributed by atoms with Crippen LogP contribution >= 0.6 is 23.1 Å². The Morgan fingerprint density at radius 3 is 2.95 bits per heavy atom. The standard InChI is InChI=1S/C15H17N3O2S2/c19-14(17-11-9-18-6-3-10(11)4-7-18)12-1-2-13(21-12)22-15-16-5-8-20-15/h1-2,5,8,10-11H,3-4,6-7,9H2,(H,17,19)/t11-/m0/s1. The second kappa shape index (κ2) is 6.06. The van der Waals surface area contributed by atoms with Crippen molar-refractivity contribution >= 4 is 29.0 Å². The minimum Gasteiger partial charge on any atom is -0.440 e. The number of aromatic nitrogens is 1. The summed E-state index contributed by atoms with van der Waals surface area (Å²) in [6.07, 6.45) is 5.59. The maximum Gasteiger partial charge on any atom is 0.261 e. The largest absolute Gasteiger partial charge is 0.440 e. The predicted molar refractivity (Wildman–Crippen MR) is 85.4 cm³/mol. The highest BCUT2D eigenvalue weighted by Gasteiger charge is 2.35. The second-order valence-corrected chi connectivity index (χ2v) is 8.07. The van der Waals surface area contributed by atoms with Gasteiger partial charge in [0.25, 0.3) is 11.1 Å². The van der Waals surface area contributed by atoms with Crippen molar-refractivity contribution in [1.82, 2.24) is 15.2 Å². The van der Waals surface area contributed by atoms with Crippen LogP contribution < -0.4 is 5.32 Å². The summed E-state index contributed by atoms with van der Waals surface area (Å²) in [5.74, 6) is 0.693. The number of hydrogen-bond donors (Lipinski definition) is 1. The molecule has 1 N–H and O–H groups in total. The minimum absolute atomic E-state index is 0.0444. The van der Waals surface area contributed by atoms with Crippen LogP contribution in [0.1, 0.15) is 22.5 Å². The minimum atomic E-state index is 0.0444. The van der Waals surface area contributed by atoms with Crippen LogP contribution in [-0.4, -0.2) is 41.5 Å². The second-order valence-electron chi connectivity index (χ2n) is 5.74. The molecular weight excluding hydrogens is 318 g/mol. The zero-order valence-electron chi connectivity index (χ0n) is 12.0. The fourth-order valence-corrected chi connectivity index (χ4v) is 5.03. The smallest absolute Gasteiger partial charge is 0.261 e. The van der Waals surface area contributed by atoms with Gasteiger partial charge in [-0.3, -0.25) is 4.79 Å². The third-order valence-electron chi connectivity index (χ3n) is 4.38. The molecule has 0 saturated carbocycles. The summed E-state index contributed by atoms with van der Waals surface area (Å²) < 4.78 is 6.23. The topological polar surface area (TPSA) is 58.4 Å². The van der Waals surface area contributed by atoms with E-state index in [0.29, 0.717) is 17.2 Å². The van der Waals surface area contributed by atoms with Crippen molar-refractivity contribution in [3.63, 3.8) is 0 Å². The molecule has 22 heavy (non-hydrogen) atoms. The summed E-state index contributed by atoms with van der Waals surface area (Å²) in [4.78, 5) is 19.7. The third kappa shape index (κ3) is 2.93. The first kappa shape index (κ1) is 14.3. The van der Waals surface area contributed by atoms with E-state index in [9.17, 15) is 4.79 Å². The maximum absolute atomic E-state index is 12.4. The van der Waals surface area contributed by atoms with Crippen molar-refractivity contribution in [1.29, 1.82) is 0 Å². The quantitative estimate of drug-likeness (QED) is 0.931. The van der Waals surface area contributed by atoms with E-state index in [-0.39, 0.29) is 5.91 Å². The van der Waals surface area contributed by atoms with Crippen molar-refractivity contribution in [2.75, 3.05) is 19.6 Å². The van der Waals surface area contributed by atoms with Crippen molar-refractivity contribution in [2.45, 2.75) is 28.3 Å². The summed E-state index contributed by atoms with van der Waals surface area (Å²) in [7, 11) is 0. The first-order valence-electron chi connectivity index (χ1n) is 7.48. The fourth-order valence-electron chi connectivity index (χ4n) is 3.21. The molecule has 3 aliphatic heterocycles. The molecule has 5 heterocycles. The van der Waals surface area contributed by atoms with Gasteiger partial charge in [0.1, 0.15) is 6.26 Å². The lowest BCUT2D eigenvalue weighted by molar-refractivity contribution is 0.0622. The molecule has 116 valence electrons. The SMILES string of the molecule is O=C(N[C@H]1CN2CCC1CC2)c1ccc(Sc2ncco2)s1. The molecule has 0 unspecified atom stereocenters. The van der Waals surface area contributed by atoms with Crippen LogP contribution in [0.15, 0.2) is 38.4 Å². The first-order chi connectivity index (χ1) is 10.8. The van der Waals surface area contributed by atoms with Crippen LogP contribution in [0, 0.1) is 5.92 Å². The van der Waals surface area contributed by atoms with Gasteiger partial charge in [-0.2, -0.15) is 0 Å². The Morgan fingerprint density at radius 1 is 1.41 bits per heavy atom. The van der Waals surface area contributed by atoms with Gasteiger partial charge in [0.05, 0.1) is 15.3 Å². The highest BCUT2D eigenvalue weighted by Crippen LogP contribution is 2.33. The molecule has 0 aliphatic carbocycles. The summed E-state index contributed by atoms with van der Waals surface area (Å²) in [6, 6.07) is 4.14. The van der Waals surface area contributed by atoms with E-state index in [1.54, 1.807) is 12.5 Å². The Kier molecular flexibility index (Phi) is 3.94. The number of carbonyl (C=O) groups excluding carboxylic acids is 1. The molecule has 2 aromatic rings. The molecule has 0 spiro atoms. The van der Waals surface area contributed by atoms with Crippen LogP contribution in [0.5, 0.6) is 0 Å². The summed E-state index contributed by atoms with van der Waals surface area (Å²) in [5, 5.41) is 3.82. The molecule has 3 fully saturated rings. The zero-order chi connectivity index (χ0) is 14.9. The van der Waals surface area contributed by atoms with Crippen LogP contribution in [0.2, 0.25) is 0 Å². The Morgan fingerprint density at radius 2 is 2.27 bits per heavy atom. The highest BCUT2D eigenvalue weighted by atomic mass is 32.2. The lowest BCUT2D eigenvalue weighted by atomic mass is 9.84. The van der Waals surface area contributed by atoms with Gasteiger partial charge >= 0.3 is 0 Å². The van der Waals surface area contributed by atoms with E-state index in [1.807, 2.05) is 12.1 Å². The predicted octanol–water partition coefficient (Wildman–Crippen LogP) is 2.71. The van der Waals surface area contributed by atoms with Gasteiger partial charge in [-0.05, 0) is 55.7 Å². The molecule has 3 aliphatic rings. The number of hydrogen-bond acceptors (Lipinski definition) is 6. The molecule has 5 nitrogen and oxygen atoms in total. The number of carbonyl (C=O) groups is 1. The molecule has 1 amide bonds. The van der Waals surface area contributed by atoms with E-state index >= 15 is 0 Å². The summed E-state index contributed by atoms with van der Waals surface area (Å²) >= 11 is 2.93. The van der Waals surface area contributed by atoms with Gasteiger partial charge < -0.3 is 14.6 Å². The summed E-state index contributed by atoms with van der Waals surface area (Å²) in [6.45, 7) is 3.37. The van der Waals surface area contributed by atoms with Crippen LogP contribution in [0.3, 0.4) is 0 Å². The van der Waals surface area contributed by atoms with Crippen molar-refractivity contribution in [3.8, 4) is 0 Å². The van der Waals surface area contributed by atoms with Crippen molar-refractivity contribution in [3.05, 3.63) is 29.5 Å². The number of thiophene rings is 1. The van der Waals surface area contributed by atoms with Crippen LogP contribution in [-0.2, 0) is 0 Å². The molecule has 3 saturated heterocycles. The van der Waals surface area contributed by atoms with Gasteiger partial charge in [-0.25, -0.2) is 4.98 Å².